The van der Waals surface area contributed by atoms with Crippen molar-refractivity contribution in [2.24, 2.45) is 5.92 Å². The number of non-ortho nitro benzene ring substituents is 1. The first kappa shape index (κ1) is 14.8. The van der Waals surface area contributed by atoms with E-state index in [-0.39, 0.29) is 10.6 Å². The lowest BCUT2D eigenvalue weighted by atomic mass is 9.85. The summed E-state index contributed by atoms with van der Waals surface area (Å²) in [6.07, 6.45) is 4.61. The Balaban J connectivity index is 2.38. The van der Waals surface area contributed by atoms with E-state index in [1.807, 2.05) is 11.9 Å². The van der Waals surface area contributed by atoms with Crippen LogP contribution in [0.5, 0.6) is 0 Å². The van der Waals surface area contributed by atoms with Crippen LogP contribution in [0.1, 0.15) is 19.3 Å². The van der Waals surface area contributed by atoms with E-state index in [2.05, 4.69) is 0 Å². The van der Waals surface area contributed by atoms with Crippen molar-refractivity contribution in [2.75, 3.05) is 24.7 Å². The van der Waals surface area contributed by atoms with Crippen molar-refractivity contribution in [3.05, 3.63) is 28.3 Å². The molecule has 1 aromatic rings. The lowest BCUT2D eigenvalue weighted by molar-refractivity contribution is -0.385. The van der Waals surface area contributed by atoms with Crippen molar-refractivity contribution in [1.82, 2.24) is 0 Å². The number of rotatable bonds is 5. The quantitative estimate of drug-likeness (QED) is 0.615. The summed E-state index contributed by atoms with van der Waals surface area (Å²) in [5, 5.41) is 10.8. The molecule has 1 fully saturated rings. The Kier molecular flexibility index (Phi) is 3.99. The van der Waals surface area contributed by atoms with Crippen LogP contribution < -0.4 is 4.90 Å². The highest BCUT2D eigenvalue weighted by Gasteiger charge is 2.24. The molecule has 110 valence electrons. The summed E-state index contributed by atoms with van der Waals surface area (Å²) in [6.45, 7) is 0.778. The van der Waals surface area contributed by atoms with Gasteiger partial charge in [-0.3, -0.25) is 10.1 Å². The molecule has 0 bridgehead atoms. The second kappa shape index (κ2) is 5.40. The number of nitro benzene ring substituents is 1. The van der Waals surface area contributed by atoms with Gasteiger partial charge in [0.25, 0.3) is 5.69 Å². The molecule has 1 saturated carbocycles. The van der Waals surface area contributed by atoms with Gasteiger partial charge in [0.2, 0.25) is 0 Å². The summed E-state index contributed by atoms with van der Waals surface area (Å²) >= 11 is 0. The maximum Gasteiger partial charge on any atom is 0.270 e. The van der Waals surface area contributed by atoms with E-state index in [0.717, 1.165) is 31.7 Å². The average Bonchev–Trinajstić information content (AvgIpc) is 2.31. The fourth-order valence-electron chi connectivity index (χ4n) is 2.39. The van der Waals surface area contributed by atoms with Crippen LogP contribution in [0.3, 0.4) is 0 Å². The fraction of sp³-hybridized carbons (Fsp3) is 0.538. The summed E-state index contributed by atoms with van der Waals surface area (Å²) in [5.41, 5.74) is 0.330. The summed E-state index contributed by atoms with van der Waals surface area (Å²) in [5.74, 6) is 0.586. The molecule has 0 atom stereocenters. The Labute approximate surface area is 118 Å². The van der Waals surface area contributed by atoms with Crippen LogP contribution in [0.15, 0.2) is 23.1 Å². The first-order chi connectivity index (χ1) is 9.29. The second-order valence-electron chi connectivity index (χ2n) is 5.36. The molecule has 7 heteroatoms. The topological polar surface area (TPSA) is 80.5 Å². The molecule has 2 rings (SSSR count). The Hall–Kier alpha value is -1.63. The summed E-state index contributed by atoms with van der Waals surface area (Å²) in [7, 11) is -1.68. The molecule has 1 aliphatic carbocycles. The van der Waals surface area contributed by atoms with Crippen molar-refractivity contribution in [1.29, 1.82) is 0 Å². The Bertz CT molecular complexity index is 623. The summed E-state index contributed by atoms with van der Waals surface area (Å²) < 4.78 is 23.7. The van der Waals surface area contributed by atoms with Crippen LogP contribution in [0, 0.1) is 16.0 Å². The smallest absolute Gasteiger partial charge is 0.270 e. The van der Waals surface area contributed by atoms with Crippen LogP contribution in [0.4, 0.5) is 11.4 Å². The van der Waals surface area contributed by atoms with Crippen LogP contribution in [0.25, 0.3) is 0 Å². The number of benzene rings is 1. The normalized spacial score (nSPS) is 15.7. The molecule has 0 heterocycles. The molecule has 0 saturated heterocycles. The average molecular weight is 298 g/mol. The second-order valence-corrected chi connectivity index (χ2v) is 7.34. The van der Waals surface area contributed by atoms with Gasteiger partial charge in [-0.05, 0) is 24.8 Å². The molecule has 1 aromatic carbocycles. The summed E-state index contributed by atoms with van der Waals surface area (Å²) in [4.78, 5) is 12.1. The molecular formula is C13H18N2O4S. The Morgan fingerprint density at radius 2 is 2.05 bits per heavy atom. The van der Waals surface area contributed by atoms with Gasteiger partial charge in [0.15, 0.2) is 9.84 Å². The SMILES string of the molecule is CN(CC1CCC1)c1ccc([N+](=O)[O-])cc1S(C)(=O)=O. The van der Waals surface area contributed by atoms with Crippen LogP contribution in [-0.4, -0.2) is 33.2 Å². The lowest BCUT2D eigenvalue weighted by Gasteiger charge is -2.32. The maximum atomic E-state index is 11.9. The highest BCUT2D eigenvalue weighted by molar-refractivity contribution is 7.90. The molecule has 6 nitrogen and oxygen atoms in total. The molecule has 20 heavy (non-hydrogen) atoms. The fourth-order valence-corrected chi connectivity index (χ4v) is 3.33. The molecule has 0 aliphatic heterocycles. The van der Waals surface area contributed by atoms with Crippen LogP contribution >= 0.6 is 0 Å². The molecule has 1 aliphatic rings. The third-order valence-electron chi connectivity index (χ3n) is 3.72. The van der Waals surface area contributed by atoms with Crippen molar-refractivity contribution in [3.8, 4) is 0 Å². The van der Waals surface area contributed by atoms with Gasteiger partial charge in [-0.25, -0.2) is 8.42 Å². The predicted molar refractivity (Wildman–Crippen MR) is 76.8 cm³/mol. The standard InChI is InChI=1S/C13H18N2O4S/c1-14(9-10-4-3-5-10)12-7-6-11(15(16)17)8-13(12)20(2,18)19/h6-8,10H,3-5,9H2,1-2H3. The van der Waals surface area contributed by atoms with E-state index < -0.39 is 14.8 Å². The van der Waals surface area contributed by atoms with Gasteiger partial charge in [0.1, 0.15) is 0 Å². The van der Waals surface area contributed by atoms with Crippen molar-refractivity contribution >= 4 is 21.2 Å². The number of sulfone groups is 1. The molecule has 0 spiro atoms. The zero-order valence-corrected chi connectivity index (χ0v) is 12.4. The Morgan fingerprint density at radius 1 is 1.40 bits per heavy atom. The zero-order chi connectivity index (χ0) is 14.9. The van der Waals surface area contributed by atoms with Crippen molar-refractivity contribution in [2.45, 2.75) is 24.2 Å². The van der Waals surface area contributed by atoms with Gasteiger partial charge < -0.3 is 4.90 Å². The lowest BCUT2D eigenvalue weighted by Crippen LogP contribution is -2.30. The van der Waals surface area contributed by atoms with E-state index in [0.29, 0.717) is 11.6 Å². The van der Waals surface area contributed by atoms with Gasteiger partial charge in [0.05, 0.1) is 15.5 Å². The van der Waals surface area contributed by atoms with Gasteiger partial charge in [-0.1, -0.05) is 6.42 Å². The highest BCUT2D eigenvalue weighted by Crippen LogP contribution is 2.32. The first-order valence-corrected chi connectivity index (χ1v) is 8.38. The monoisotopic (exact) mass is 298 g/mol. The van der Waals surface area contributed by atoms with E-state index in [9.17, 15) is 18.5 Å². The molecule has 0 radical (unpaired) electrons. The molecule has 0 N–H and O–H groups in total. The maximum absolute atomic E-state index is 11.9. The molecule has 0 aromatic heterocycles. The molecule has 0 amide bonds. The van der Waals surface area contributed by atoms with Gasteiger partial charge in [0, 0.05) is 32.0 Å². The van der Waals surface area contributed by atoms with E-state index in [1.54, 1.807) is 0 Å². The van der Waals surface area contributed by atoms with Gasteiger partial charge in [-0.2, -0.15) is 0 Å². The minimum Gasteiger partial charge on any atom is -0.373 e. The van der Waals surface area contributed by atoms with E-state index in [4.69, 9.17) is 0 Å². The van der Waals surface area contributed by atoms with E-state index >= 15 is 0 Å². The summed E-state index contributed by atoms with van der Waals surface area (Å²) in [6, 6.07) is 4.01. The van der Waals surface area contributed by atoms with E-state index in [1.165, 1.54) is 18.6 Å². The van der Waals surface area contributed by atoms with Crippen LogP contribution in [0.2, 0.25) is 0 Å². The molecular weight excluding hydrogens is 280 g/mol. The third kappa shape index (κ3) is 3.09. The first-order valence-electron chi connectivity index (χ1n) is 6.48. The van der Waals surface area contributed by atoms with Crippen molar-refractivity contribution < 1.29 is 13.3 Å². The number of anilines is 1. The highest BCUT2D eigenvalue weighted by atomic mass is 32.2. The number of hydrogen-bond acceptors (Lipinski definition) is 5. The number of nitrogens with zero attached hydrogens (tertiary/aromatic N) is 2. The number of nitro groups is 1. The van der Waals surface area contributed by atoms with Gasteiger partial charge in [-0.15, -0.1) is 0 Å². The van der Waals surface area contributed by atoms with Crippen molar-refractivity contribution in [3.63, 3.8) is 0 Å². The zero-order valence-electron chi connectivity index (χ0n) is 11.6. The predicted octanol–water partition coefficient (Wildman–Crippen LogP) is 2.23. The largest absolute Gasteiger partial charge is 0.373 e. The van der Waals surface area contributed by atoms with Gasteiger partial charge >= 0.3 is 0 Å². The minimum atomic E-state index is -3.51. The Morgan fingerprint density at radius 3 is 2.50 bits per heavy atom. The third-order valence-corrected chi connectivity index (χ3v) is 4.85. The number of hydrogen-bond donors (Lipinski definition) is 0. The van der Waals surface area contributed by atoms with Crippen LogP contribution in [-0.2, 0) is 9.84 Å². The molecule has 0 unspecified atom stereocenters. The minimum absolute atomic E-state index is 0.0218.